The number of hydrogen-bond donors (Lipinski definition) is 2. The molecule has 1 saturated heterocycles. The lowest BCUT2D eigenvalue weighted by atomic mass is 10.0. The zero-order valence-electron chi connectivity index (χ0n) is 17.6. The predicted octanol–water partition coefficient (Wildman–Crippen LogP) is 2.58. The Morgan fingerprint density at radius 3 is 2.42 bits per heavy atom. The van der Waals surface area contributed by atoms with Gasteiger partial charge in [-0.25, -0.2) is 4.68 Å². The highest BCUT2D eigenvalue weighted by molar-refractivity contribution is 5.92. The van der Waals surface area contributed by atoms with Crippen LogP contribution in [-0.2, 0) is 4.79 Å². The molecule has 2 aromatic carbocycles. The first-order valence-corrected chi connectivity index (χ1v) is 10.5. The normalized spacial score (nSPS) is 14.9. The van der Waals surface area contributed by atoms with Crippen molar-refractivity contribution < 1.29 is 9.53 Å². The maximum atomic E-state index is 12.2. The van der Waals surface area contributed by atoms with Crippen LogP contribution in [-0.4, -0.2) is 63.3 Å². The molecule has 0 spiro atoms. The van der Waals surface area contributed by atoms with Gasteiger partial charge in [0.1, 0.15) is 12.1 Å². The topological polar surface area (TPSA) is 97.2 Å². The second kappa shape index (κ2) is 10.0. The maximum Gasteiger partial charge on any atom is 0.262 e. The van der Waals surface area contributed by atoms with E-state index in [0.29, 0.717) is 11.8 Å². The summed E-state index contributed by atoms with van der Waals surface area (Å²) in [6, 6.07) is 15.5. The third-order valence-corrected chi connectivity index (χ3v) is 5.39. The number of likely N-dealkylation sites (tertiary alicyclic amines) is 1. The van der Waals surface area contributed by atoms with Crippen LogP contribution in [0.2, 0.25) is 0 Å². The van der Waals surface area contributed by atoms with E-state index in [4.69, 9.17) is 4.74 Å². The Labute approximate surface area is 181 Å². The van der Waals surface area contributed by atoms with Crippen molar-refractivity contribution in [3.63, 3.8) is 0 Å². The molecule has 0 atom stereocenters. The Morgan fingerprint density at radius 1 is 1.06 bits per heavy atom. The van der Waals surface area contributed by atoms with E-state index in [1.165, 1.54) is 6.33 Å². The van der Waals surface area contributed by atoms with Crippen LogP contribution in [0.15, 0.2) is 54.9 Å². The Bertz CT molecular complexity index is 951. The first kappa shape index (κ1) is 20.8. The summed E-state index contributed by atoms with van der Waals surface area (Å²) in [6.07, 6.45) is 3.82. The van der Waals surface area contributed by atoms with Gasteiger partial charge in [-0.15, -0.1) is 5.10 Å². The van der Waals surface area contributed by atoms with Crippen molar-refractivity contribution in [2.24, 2.45) is 0 Å². The van der Waals surface area contributed by atoms with Crippen molar-refractivity contribution in [3.05, 3.63) is 54.9 Å². The van der Waals surface area contributed by atoms with Gasteiger partial charge in [-0.05, 0) is 78.3 Å². The number of nitrogens with one attached hydrogen (secondary N) is 2. The highest BCUT2D eigenvalue weighted by Crippen LogP contribution is 2.19. The van der Waals surface area contributed by atoms with E-state index < -0.39 is 0 Å². The van der Waals surface area contributed by atoms with Gasteiger partial charge in [0.15, 0.2) is 6.61 Å². The fraction of sp³-hybridized carbons (Fsp3) is 0.364. The minimum atomic E-state index is -0.211. The summed E-state index contributed by atoms with van der Waals surface area (Å²) in [5.41, 5.74) is 2.63. The summed E-state index contributed by atoms with van der Waals surface area (Å²) < 4.78 is 7.11. The first-order chi connectivity index (χ1) is 15.2. The van der Waals surface area contributed by atoms with Gasteiger partial charge in [-0.1, -0.05) is 6.92 Å². The van der Waals surface area contributed by atoms with Gasteiger partial charge in [-0.3, -0.25) is 4.79 Å². The Morgan fingerprint density at radius 2 is 1.77 bits per heavy atom. The molecule has 1 amide bonds. The number of hydrogen-bond acceptors (Lipinski definition) is 7. The van der Waals surface area contributed by atoms with E-state index in [2.05, 4.69) is 38.0 Å². The molecule has 0 unspecified atom stereocenters. The molecule has 9 nitrogen and oxygen atoms in total. The monoisotopic (exact) mass is 421 g/mol. The lowest BCUT2D eigenvalue weighted by Gasteiger charge is -2.32. The smallest absolute Gasteiger partial charge is 0.262 e. The van der Waals surface area contributed by atoms with Crippen molar-refractivity contribution in [1.29, 1.82) is 0 Å². The second-order valence-corrected chi connectivity index (χ2v) is 7.52. The number of amides is 1. The minimum absolute atomic E-state index is 0.0692. The third kappa shape index (κ3) is 5.79. The first-order valence-electron chi connectivity index (χ1n) is 10.5. The minimum Gasteiger partial charge on any atom is -0.484 e. The molecule has 1 aliphatic rings. The lowest BCUT2D eigenvalue weighted by molar-refractivity contribution is -0.118. The van der Waals surface area contributed by atoms with Crippen molar-refractivity contribution in [2.45, 2.75) is 25.8 Å². The van der Waals surface area contributed by atoms with Crippen molar-refractivity contribution >= 4 is 17.3 Å². The van der Waals surface area contributed by atoms with Gasteiger partial charge in [0, 0.05) is 30.5 Å². The Kier molecular flexibility index (Phi) is 6.73. The average Bonchev–Trinajstić information content (AvgIpc) is 3.35. The van der Waals surface area contributed by atoms with Crippen LogP contribution < -0.4 is 15.4 Å². The summed E-state index contributed by atoms with van der Waals surface area (Å²) in [5, 5.41) is 17.5. The van der Waals surface area contributed by atoms with E-state index >= 15 is 0 Å². The summed E-state index contributed by atoms with van der Waals surface area (Å²) >= 11 is 0. The molecule has 0 saturated carbocycles. The quantitative estimate of drug-likeness (QED) is 0.577. The lowest BCUT2D eigenvalue weighted by Crippen LogP contribution is -2.38. The van der Waals surface area contributed by atoms with Crippen LogP contribution in [0.5, 0.6) is 5.75 Å². The number of carbonyl (C=O) groups excluding carboxylic acids is 1. The molecule has 3 aromatic rings. The SMILES string of the molecule is CCN1CCC(Nc2ccc(NC(=O)COc3ccc(-n4cnnn4)cc3)cc2)CC1. The van der Waals surface area contributed by atoms with Gasteiger partial charge < -0.3 is 20.3 Å². The van der Waals surface area contributed by atoms with Crippen LogP contribution >= 0.6 is 0 Å². The zero-order chi connectivity index (χ0) is 21.5. The third-order valence-electron chi connectivity index (χ3n) is 5.39. The summed E-state index contributed by atoms with van der Waals surface area (Å²) in [4.78, 5) is 14.7. The molecule has 1 aliphatic heterocycles. The summed E-state index contributed by atoms with van der Waals surface area (Å²) in [7, 11) is 0. The van der Waals surface area contributed by atoms with Crippen LogP contribution in [0.1, 0.15) is 19.8 Å². The number of rotatable bonds is 8. The van der Waals surface area contributed by atoms with Crippen molar-refractivity contribution in [2.75, 3.05) is 36.9 Å². The molecule has 1 aromatic heterocycles. The number of piperidine rings is 1. The fourth-order valence-electron chi connectivity index (χ4n) is 3.60. The molecule has 0 bridgehead atoms. The molecule has 0 aliphatic carbocycles. The Balaban J connectivity index is 1.21. The largest absolute Gasteiger partial charge is 0.484 e. The number of anilines is 2. The number of carbonyl (C=O) groups is 1. The zero-order valence-corrected chi connectivity index (χ0v) is 17.6. The van der Waals surface area contributed by atoms with Crippen molar-refractivity contribution in [3.8, 4) is 11.4 Å². The number of nitrogens with zero attached hydrogens (tertiary/aromatic N) is 5. The molecule has 31 heavy (non-hydrogen) atoms. The van der Waals surface area contributed by atoms with E-state index in [0.717, 1.165) is 49.5 Å². The van der Waals surface area contributed by atoms with Gasteiger partial charge in [-0.2, -0.15) is 0 Å². The number of ether oxygens (including phenoxy) is 1. The Hall–Kier alpha value is -3.46. The second-order valence-electron chi connectivity index (χ2n) is 7.52. The number of benzene rings is 2. The van der Waals surface area contributed by atoms with Crippen LogP contribution in [0.3, 0.4) is 0 Å². The van der Waals surface area contributed by atoms with E-state index in [-0.39, 0.29) is 12.5 Å². The number of tetrazole rings is 1. The summed E-state index contributed by atoms with van der Waals surface area (Å²) in [5.74, 6) is 0.387. The van der Waals surface area contributed by atoms with E-state index in [1.54, 1.807) is 16.8 Å². The highest BCUT2D eigenvalue weighted by Gasteiger charge is 2.17. The highest BCUT2D eigenvalue weighted by atomic mass is 16.5. The number of aromatic nitrogens is 4. The average molecular weight is 422 g/mol. The van der Waals surface area contributed by atoms with Gasteiger partial charge in [0.05, 0.1) is 5.69 Å². The molecule has 9 heteroatoms. The molecular weight excluding hydrogens is 394 g/mol. The van der Waals surface area contributed by atoms with Crippen LogP contribution in [0, 0.1) is 0 Å². The molecule has 1 fully saturated rings. The van der Waals surface area contributed by atoms with Crippen LogP contribution in [0.25, 0.3) is 5.69 Å². The molecule has 162 valence electrons. The standard InChI is InChI=1S/C22H27N7O2/c1-2-28-13-11-19(12-14-28)24-17-3-5-18(6-4-17)25-22(30)15-31-21-9-7-20(8-10-21)29-16-23-26-27-29/h3-10,16,19,24H,2,11-15H2,1H3,(H,25,30). The predicted molar refractivity (Wildman–Crippen MR) is 118 cm³/mol. The molecule has 2 heterocycles. The van der Waals surface area contributed by atoms with Crippen molar-refractivity contribution in [1.82, 2.24) is 25.1 Å². The van der Waals surface area contributed by atoms with E-state index in [1.807, 2.05) is 36.4 Å². The summed E-state index contributed by atoms with van der Waals surface area (Å²) in [6.45, 7) is 5.54. The molecule has 0 radical (unpaired) electrons. The van der Waals surface area contributed by atoms with Crippen LogP contribution in [0.4, 0.5) is 11.4 Å². The van der Waals surface area contributed by atoms with Gasteiger partial charge in [0.25, 0.3) is 5.91 Å². The fourth-order valence-corrected chi connectivity index (χ4v) is 3.60. The van der Waals surface area contributed by atoms with Gasteiger partial charge in [0.2, 0.25) is 0 Å². The molecular formula is C22H27N7O2. The maximum absolute atomic E-state index is 12.2. The molecule has 4 rings (SSSR count). The molecule has 2 N–H and O–H groups in total. The van der Waals surface area contributed by atoms with Gasteiger partial charge >= 0.3 is 0 Å². The van der Waals surface area contributed by atoms with E-state index in [9.17, 15) is 4.79 Å².